The van der Waals surface area contributed by atoms with Crippen molar-refractivity contribution >= 4 is 0 Å². The zero-order valence-electron chi connectivity index (χ0n) is 15.9. The maximum atomic E-state index is 3.70. The van der Waals surface area contributed by atoms with E-state index in [0.29, 0.717) is 16.9 Å². The van der Waals surface area contributed by atoms with Crippen LogP contribution in [0.1, 0.15) is 75.2 Å². The summed E-state index contributed by atoms with van der Waals surface area (Å²) >= 11 is 0. The molecule has 20 heavy (non-hydrogen) atoms. The van der Waals surface area contributed by atoms with Crippen molar-refractivity contribution in [3.8, 4) is 0 Å². The minimum Gasteiger partial charge on any atom is -0.311 e. The van der Waals surface area contributed by atoms with Crippen molar-refractivity contribution in [1.29, 1.82) is 0 Å². The summed E-state index contributed by atoms with van der Waals surface area (Å²) in [6, 6.07) is 0.591. The van der Waals surface area contributed by atoms with E-state index in [-0.39, 0.29) is 5.54 Å². The van der Waals surface area contributed by atoms with Gasteiger partial charge in [-0.3, -0.25) is 0 Å². The summed E-state index contributed by atoms with van der Waals surface area (Å²) in [6.07, 6.45) is 2.53. The molecule has 0 bridgehead atoms. The molecule has 0 radical (unpaired) electrons. The van der Waals surface area contributed by atoms with E-state index in [4.69, 9.17) is 0 Å². The molecular formula is C18H40N2. The van der Waals surface area contributed by atoms with Gasteiger partial charge in [0.25, 0.3) is 0 Å². The summed E-state index contributed by atoms with van der Waals surface area (Å²) < 4.78 is 0. The van der Waals surface area contributed by atoms with E-state index in [2.05, 4.69) is 79.6 Å². The summed E-state index contributed by atoms with van der Waals surface area (Å²) in [4.78, 5) is 2.54. The lowest BCUT2D eigenvalue weighted by Crippen LogP contribution is -2.50. The monoisotopic (exact) mass is 284 g/mol. The third-order valence-corrected chi connectivity index (χ3v) is 4.44. The molecule has 0 aliphatic rings. The molecule has 0 aliphatic heterocycles. The number of rotatable bonds is 7. The largest absolute Gasteiger partial charge is 0.311 e. The Morgan fingerprint density at radius 3 is 1.85 bits per heavy atom. The van der Waals surface area contributed by atoms with Gasteiger partial charge in [-0.15, -0.1) is 0 Å². The van der Waals surface area contributed by atoms with Crippen LogP contribution < -0.4 is 5.32 Å². The topological polar surface area (TPSA) is 15.3 Å². The predicted octanol–water partition coefficient (Wildman–Crippen LogP) is 4.55. The number of hydrogen-bond acceptors (Lipinski definition) is 2. The summed E-state index contributed by atoms with van der Waals surface area (Å²) in [5.41, 5.74) is 0.874. The molecule has 0 aliphatic carbocycles. The van der Waals surface area contributed by atoms with Crippen LogP contribution in [0.3, 0.4) is 0 Å². The molecule has 0 saturated heterocycles. The maximum Gasteiger partial charge on any atom is 0.0113 e. The first kappa shape index (κ1) is 19.9. The zero-order chi connectivity index (χ0) is 16.2. The molecule has 0 aromatic carbocycles. The normalized spacial score (nSPS) is 18.1. The summed E-state index contributed by atoms with van der Waals surface area (Å²) in [6.45, 7) is 23.1. The van der Waals surface area contributed by atoms with Gasteiger partial charge in [-0.05, 0) is 52.0 Å². The molecule has 2 nitrogen and oxygen atoms in total. The second kappa shape index (κ2) is 7.26. The molecule has 0 amide bonds. The van der Waals surface area contributed by atoms with Crippen molar-refractivity contribution in [3.63, 3.8) is 0 Å². The average Bonchev–Trinajstić information content (AvgIpc) is 2.23. The van der Waals surface area contributed by atoms with Crippen LogP contribution in [0.5, 0.6) is 0 Å². The lowest BCUT2D eigenvalue weighted by Gasteiger charge is -2.42. The fourth-order valence-corrected chi connectivity index (χ4v) is 2.71. The molecule has 2 atom stereocenters. The molecule has 122 valence electrons. The fourth-order valence-electron chi connectivity index (χ4n) is 2.71. The Balaban J connectivity index is 4.74. The van der Waals surface area contributed by atoms with Gasteiger partial charge in [0.05, 0.1) is 0 Å². The van der Waals surface area contributed by atoms with Gasteiger partial charge in [-0.2, -0.15) is 0 Å². The van der Waals surface area contributed by atoms with Crippen LogP contribution in [0.15, 0.2) is 0 Å². The van der Waals surface area contributed by atoms with Gasteiger partial charge < -0.3 is 10.2 Å². The summed E-state index contributed by atoms with van der Waals surface area (Å²) in [5.74, 6) is 0. The molecule has 0 rings (SSSR count). The molecule has 0 spiro atoms. The first-order valence-corrected chi connectivity index (χ1v) is 8.26. The van der Waals surface area contributed by atoms with Gasteiger partial charge >= 0.3 is 0 Å². The SMILES string of the molecule is CCCC(C)(CNC(C)(C)C)CN(C)C(C)C(C)(C)C. The van der Waals surface area contributed by atoms with E-state index in [1.165, 1.54) is 12.8 Å². The Kier molecular flexibility index (Phi) is 7.24. The van der Waals surface area contributed by atoms with Gasteiger partial charge in [0, 0.05) is 24.7 Å². The van der Waals surface area contributed by atoms with Gasteiger partial charge in [-0.25, -0.2) is 0 Å². The first-order chi connectivity index (χ1) is 8.81. The third-order valence-electron chi connectivity index (χ3n) is 4.44. The van der Waals surface area contributed by atoms with E-state index in [1.807, 2.05) is 0 Å². The molecular weight excluding hydrogens is 244 g/mol. The number of nitrogens with zero attached hydrogens (tertiary/aromatic N) is 1. The highest BCUT2D eigenvalue weighted by Gasteiger charge is 2.31. The smallest absolute Gasteiger partial charge is 0.0113 e. The zero-order valence-corrected chi connectivity index (χ0v) is 15.9. The van der Waals surface area contributed by atoms with Crippen LogP contribution in [0.2, 0.25) is 0 Å². The summed E-state index contributed by atoms with van der Waals surface area (Å²) in [7, 11) is 2.28. The first-order valence-electron chi connectivity index (χ1n) is 8.26. The minimum atomic E-state index is 0.198. The minimum absolute atomic E-state index is 0.198. The number of hydrogen-bond donors (Lipinski definition) is 1. The van der Waals surface area contributed by atoms with Gasteiger partial charge in [-0.1, -0.05) is 41.0 Å². The molecule has 0 aromatic heterocycles. The van der Waals surface area contributed by atoms with Gasteiger partial charge in [0.2, 0.25) is 0 Å². The van der Waals surface area contributed by atoms with E-state index < -0.39 is 0 Å². The van der Waals surface area contributed by atoms with Crippen molar-refractivity contribution in [3.05, 3.63) is 0 Å². The van der Waals surface area contributed by atoms with E-state index in [0.717, 1.165) is 13.1 Å². The van der Waals surface area contributed by atoms with E-state index in [1.54, 1.807) is 0 Å². The van der Waals surface area contributed by atoms with Crippen LogP contribution in [0, 0.1) is 10.8 Å². The Labute approximate surface area is 128 Å². The number of nitrogens with one attached hydrogen (secondary N) is 1. The van der Waals surface area contributed by atoms with Crippen LogP contribution in [0.4, 0.5) is 0 Å². The van der Waals surface area contributed by atoms with Crippen LogP contribution in [0.25, 0.3) is 0 Å². The van der Waals surface area contributed by atoms with Gasteiger partial charge in [0.15, 0.2) is 0 Å². The molecule has 2 unspecified atom stereocenters. The molecule has 1 N–H and O–H groups in total. The quantitative estimate of drug-likeness (QED) is 0.738. The third kappa shape index (κ3) is 7.64. The van der Waals surface area contributed by atoms with E-state index in [9.17, 15) is 0 Å². The molecule has 0 heterocycles. The summed E-state index contributed by atoms with van der Waals surface area (Å²) in [5, 5.41) is 3.70. The lowest BCUT2D eigenvalue weighted by atomic mass is 9.81. The van der Waals surface area contributed by atoms with Crippen molar-refractivity contribution in [2.75, 3.05) is 20.1 Å². The Morgan fingerprint density at radius 2 is 1.50 bits per heavy atom. The van der Waals surface area contributed by atoms with Crippen LogP contribution in [-0.2, 0) is 0 Å². The molecule has 0 fully saturated rings. The highest BCUT2D eigenvalue weighted by molar-refractivity contribution is 4.86. The Morgan fingerprint density at radius 1 is 1.00 bits per heavy atom. The van der Waals surface area contributed by atoms with Crippen LogP contribution >= 0.6 is 0 Å². The molecule has 0 saturated carbocycles. The fraction of sp³-hybridized carbons (Fsp3) is 1.00. The second-order valence-corrected chi connectivity index (χ2v) is 9.12. The molecule has 0 aromatic rings. The predicted molar refractivity (Wildman–Crippen MR) is 92.3 cm³/mol. The van der Waals surface area contributed by atoms with E-state index >= 15 is 0 Å². The maximum absolute atomic E-state index is 3.70. The standard InChI is InChI=1S/C18H40N2/c1-11-12-18(9,13-19-17(6,7)8)14-20(10)15(2)16(3,4)5/h15,19H,11-14H2,1-10H3. The van der Waals surface area contributed by atoms with Crippen molar-refractivity contribution in [2.45, 2.75) is 86.7 Å². The highest BCUT2D eigenvalue weighted by Crippen LogP contribution is 2.29. The Bertz CT molecular complexity index is 272. The molecule has 2 heteroatoms. The van der Waals surface area contributed by atoms with Crippen molar-refractivity contribution < 1.29 is 0 Å². The van der Waals surface area contributed by atoms with Gasteiger partial charge in [0.1, 0.15) is 0 Å². The Hall–Kier alpha value is -0.0800. The highest BCUT2D eigenvalue weighted by atomic mass is 15.1. The average molecular weight is 285 g/mol. The van der Waals surface area contributed by atoms with Crippen molar-refractivity contribution in [2.24, 2.45) is 10.8 Å². The van der Waals surface area contributed by atoms with Crippen molar-refractivity contribution in [1.82, 2.24) is 10.2 Å². The van der Waals surface area contributed by atoms with Crippen LogP contribution in [-0.4, -0.2) is 36.6 Å². The lowest BCUT2D eigenvalue weighted by molar-refractivity contribution is 0.0822. The second-order valence-electron chi connectivity index (χ2n) is 9.12.